The highest BCUT2D eigenvalue weighted by Gasteiger charge is 2.26. The fourth-order valence-electron chi connectivity index (χ4n) is 4.01. The van der Waals surface area contributed by atoms with Gasteiger partial charge in [-0.25, -0.2) is 4.79 Å². The molecule has 2 aromatic rings. The van der Waals surface area contributed by atoms with Gasteiger partial charge in [-0.1, -0.05) is 26.7 Å². The number of hydrogen-bond acceptors (Lipinski definition) is 3. The predicted molar refractivity (Wildman–Crippen MR) is 98.3 cm³/mol. The second-order valence-corrected chi connectivity index (χ2v) is 7.26. The summed E-state index contributed by atoms with van der Waals surface area (Å²) in [5, 5.41) is 10.3. The van der Waals surface area contributed by atoms with Crippen LogP contribution < -0.4 is 0 Å². The third kappa shape index (κ3) is 3.30. The summed E-state index contributed by atoms with van der Waals surface area (Å²) in [6, 6.07) is 5.32. The van der Waals surface area contributed by atoms with Crippen LogP contribution in [0.1, 0.15) is 71.5 Å². The molecule has 0 bridgehead atoms. The lowest BCUT2D eigenvalue weighted by Crippen LogP contribution is -2.21. The summed E-state index contributed by atoms with van der Waals surface area (Å²) < 4.78 is 0. The van der Waals surface area contributed by atoms with Gasteiger partial charge in [-0.3, -0.25) is 9.78 Å². The number of carbonyl (C=O) groups is 2. The third-order valence-corrected chi connectivity index (χ3v) is 5.53. The Bertz CT molecular complexity index is 833. The molecule has 25 heavy (non-hydrogen) atoms. The molecule has 0 unspecified atom stereocenters. The van der Waals surface area contributed by atoms with Crippen LogP contribution in [0.15, 0.2) is 18.2 Å². The fourth-order valence-corrected chi connectivity index (χ4v) is 4.01. The molecule has 0 radical (unpaired) electrons. The number of ketones is 1. The summed E-state index contributed by atoms with van der Waals surface area (Å²) in [4.78, 5) is 29.3. The molecular formula is C21H25NO3. The lowest BCUT2D eigenvalue weighted by atomic mass is 9.79. The Balaban J connectivity index is 2.07. The largest absolute Gasteiger partial charge is 0.478 e. The zero-order chi connectivity index (χ0) is 18.1. The maximum atomic E-state index is 12.9. The van der Waals surface area contributed by atoms with Gasteiger partial charge in [0.05, 0.1) is 11.1 Å². The minimum atomic E-state index is -0.955. The van der Waals surface area contributed by atoms with Gasteiger partial charge in [-0.05, 0) is 55.9 Å². The molecule has 132 valence electrons. The normalized spacial score (nSPS) is 20.6. The maximum absolute atomic E-state index is 12.9. The number of carboxylic acids is 1. The lowest BCUT2D eigenvalue weighted by molar-refractivity contribution is 0.0697. The number of rotatable bonds is 4. The van der Waals surface area contributed by atoms with E-state index in [9.17, 15) is 14.7 Å². The Kier molecular flexibility index (Phi) is 4.89. The summed E-state index contributed by atoms with van der Waals surface area (Å²) in [5.41, 5.74) is 3.03. The molecule has 0 aliphatic heterocycles. The van der Waals surface area contributed by atoms with Gasteiger partial charge >= 0.3 is 5.97 Å². The van der Waals surface area contributed by atoms with Crippen molar-refractivity contribution in [2.45, 2.75) is 52.9 Å². The second-order valence-electron chi connectivity index (χ2n) is 7.26. The Morgan fingerprint density at radius 3 is 2.48 bits per heavy atom. The van der Waals surface area contributed by atoms with Crippen molar-refractivity contribution in [1.29, 1.82) is 0 Å². The molecule has 0 spiro atoms. The van der Waals surface area contributed by atoms with Gasteiger partial charge in [0.1, 0.15) is 0 Å². The van der Waals surface area contributed by atoms with Crippen molar-refractivity contribution < 1.29 is 14.7 Å². The van der Waals surface area contributed by atoms with Crippen molar-refractivity contribution in [1.82, 2.24) is 4.98 Å². The van der Waals surface area contributed by atoms with Gasteiger partial charge in [0.25, 0.3) is 0 Å². The number of pyridine rings is 1. The number of aromatic nitrogens is 1. The van der Waals surface area contributed by atoms with Crippen molar-refractivity contribution >= 4 is 22.7 Å². The number of hydrogen-bond donors (Lipinski definition) is 1. The quantitative estimate of drug-likeness (QED) is 0.812. The second kappa shape index (κ2) is 6.95. The smallest absolute Gasteiger partial charge is 0.336 e. The van der Waals surface area contributed by atoms with Gasteiger partial charge in [-0.15, -0.1) is 0 Å². The van der Waals surface area contributed by atoms with E-state index in [2.05, 4.69) is 11.9 Å². The van der Waals surface area contributed by atoms with Crippen LogP contribution in [0.2, 0.25) is 0 Å². The molecule has 1 aliphatic carbocycles. The molecule has 1 saturated carbocycles. The van der Waals surface area contributed by atoms with E-state index >= 15 is 0 Å². The number of carboxylic acid groups (broad SMARTS) is 1. The summed E-state index contributed by atoms with van der Waals surface area (Å²) in [5.74, 6) is -0.0586. The van der Waals surface area contributed by atoms with Crippen molar-refractivity contribution in [2.24, 2.45) is 11.8 Å². The number of nitrogens with zero attached hydrogens (tertiary/aromatic N) is 1. The van der Waals surface area contributed by atoms with Gasteiger partial charge < -0.3 is 5.11 Å². The summed E-state index contributed by atoms with van der Waals surface area (Å²) >= 11 is 0. The van der Waals surface area contributed by atoms with Crippen molar-refractivity contribution in [3.05, 3.63) is 40.6 Å². The molecule has 1 aliphatic rings. The molecule has 4 heteroatoms. The van der Waals surface area contributed by atoms with Crippen LogP contribution in [-0.4, -0.2) is 21.8 Å². The first kappa shape index (κ1) is 17.6. The zero-order valence-corrected chi connectivity index (χ0v) is 15.1. The highest BCUT2D eigenvalue weighted by molar-refractivity contribution is 6.07. The fraction of sp³-hybridized carbons (Fsp3) is 0.476. The van der Waals surface area contributed by atoms with E-state index in [1.165, 1.54) is 0 Å². The van der Waals surface area contributed by atoms with E-state index < -0.39 is 5.97 Å². The van der Waals surface area contributed by atoms with Crippen molar-refractivity contribution in [3.63, 3.8) is 0 Å². The molecular weight excluding hydrogens is 314 g/mol. The molecule has 1 fully saturated rings. The molecule has 1 aromatic heterocycles. The van der Waals surface area contributed by atoms with Crippen molar-refractivity contribution in [2.75, 3.05) is 0 Å². The Hall–Kier alpha value is -2.23. The molecule has 1 heterocycles. The van der Waals surface area contributed by atoms with Crippen LogP contribution in [0.25, 0.3) is 10.9 Å². The minimum absolute atomic E-state index is 0.0611. The summed E-state index contributed by atoms with van der Waals surface area (Å²) in [7, 11) is 0. The number of fused-ring (bicyclic) bond motifs is 1. The molecule has 3 rings (SSSR count). The number of carbonyl (C=O) groups excluding carboxylic acids is 1. The van der Waals surface area contributed by atoms with E-state index in [4.69, 9.17) is 0 Å². The maximum Gasteiger partial charge on any atom is 0.336 e. The van der Waals surface area contributed by atoms with E-state index in [0.29, 0.717) is 28.8 Å². The van der Waals surface area contributed by atoms with E-state index in [-0.39, 0.29) is 17.3 Å². The van der Waals surface area contributed by atoms with Crippen LogP contribution >= 0.6 is 0 Å². The molecule has 0 atom stereocenters. The highest BCUT2D eigenvalue weighted by Crippen LogP contribution is 2.32. The zero-order valence-electron chi connectivity index (χ0n) is 15.1. The molecule has 1 aromatic carbocycles. The van der Waals surface area contributed by atoms with E-state index in [0.717, 1.165) is 36.9 Å². The average Bonchev–Trinajstić information content (AvgIpc) is 2.60. The summed E-state index contributed by atoms with van der Waals surface area (Å²) in [6.07, 6.45) is 4.64. The average molecular weight is 339 g/mol. The highest BCUT2D eigenvalue weighted by atomic mass is 16.4. The lowest BCUT2D eigenvalue weighted by Gasteiger charge is -2.25. The SMILES string of the molecule is CCc1c(C)nc2ccc(C(=O)C3CCC(C)CC3)cc2c1C(=O)O. The van der Waals surface area contributed by atoms with Crippen LogP contribution in [0.3, 0.4) is 0 Å². The predicted octanol–water partition coefficient (Wildman–Crippen LogP) is 4.81. The van der Waals surface area contributed by atoms with E-state index in [1.807, 2.05) is 13.8 Å². The third-order valence-electron chi connectivity index (χ3n) is 5.53. The Morgan fingerprint density at radius 2 is 1.88 bits per heavy atom. The van der Waals surface area contributed by atoms with Crippen LogP contribution in [0.5, 0.6) is 0 Å². The molecule has 1 N–H and O–H groups in total. The first-order chi connectivity index (χ1) is 11.9. The standard InChI is InChI=1S/C21H25NO3/c1-4-16-13(3)22-18-10-9-15(11-17(18)19(16)21(24)25)20(23)14-7-5-12(2)6-8-14/h9-12,14H,4-8H2,1-3H3,(H,24,25). The van der Waals surface area contributed by atoms with Gasteiger partial charge in [0.2, 0.25) is 0 Å². The number of aryl methyl sites for hydroxylation is 1. The molecule has 0 amide bonds. The van der Waals surface area contributed by atoms with Gasteiger partial charge in [0, 0.05) is 22.6 Å². The van der Waals surface area contributed by atoms with E-state index in [1.54, 1.807) is 18.2 Å². The first-order valence-corrected chi connectivity index (χ1v) is 9.13. The first-order valence-electron chi connectivity index (χ1n) is 9.13. The number of Topliss-reactive ketones (excluding diaryl/α,β-unsaturated/α-hetero) is 1. The van der Waals surface area contributed by atoms with Crippen molar-refractivity contribution in [3.8, 4) is 0 Å². The van der Waals surface area contributed by atoms with Gasteiger partial charge in [0.15, 0.2) is 5.78 Å². The monoisotopic (exact) mass is 339 g/mol. The van der Waals surface area contributed by atoms with Crippen LogP contribution in [0.4, 0.5) is 0 Å². The Labute approximate surface area is 148 Å². The summed E-state index contributed by atoms with van der Waals surface area (Å²) in [6.45, 7) is 6.00. The van der Waals surface area contributed by atoms with Crippen LogP contribution in [-0.2, 0) is 6.42 Å². The Morgan fingerprint density at radius 1 is 1.20 bits per heavy atom. The van der Waals surface area contributed by atoms with Crippen LogP contribution in [0, 0.1) is 18.8 Å². The topological polar surface area (TPSA) is 67.3 Å². The minimum Gasteiger partial charge on any atom is -0.478 e. The molecule has 4 nitrogen and oxygen atoms in total. The molecule has 0 saturated heterocycles. The number of benzene rings is 1. The number of aromatic carboxylic acids is 1. The van der Waals surface area contributed by atoms with Gasteiger partial charge in [-0.2, -0.15) is 0 Å².